The van der Waals surface area contributed by atoms with E-state index in [-0.39, 0.29) is 0 Å². The van der Waals surface area contributed by atoms with E-state index in [0.29, 0.717) is 5.25 Å². The molecule has 0 radical (unpaired) electrons. The van der Waals surface area contributed by atoms with Gasteiger partial charge >= 0.3 is 0 Å². The van der Waals surface area contributed by atoms with Gasteiger partial charge in [0.1, 0.15) is 0 Å². The summed E-state index contributed by atoms with van der Waals surface area (Å²) >= 11 is 3.70. The van der Waals surface area contributed by atoms with Crippen LogP contribution in [0.4, 0.5) is 0 Å². The summed E-state index contributed by atoms with van der Waals surface area (Å²) in [6.45, 7) is 2.29. The lowest BCUT2D eigenvalue weighted by molar-refractivity contribution is 0.811. The van der Waals surface area contributed by atoms with Crippen molar-refractivity contribution in [3.05, 3.63) is 60.2 Å². The number of hydrogen-bond donors (Lipinski definition) is 0. The van der Waals surface area contributed by atoms with E-state index in [0.717, 1.165) is 11.9 Å². The highest BCUT2D eigenvalue weighted by Gasteiger charge is 2.09. The molecule has 0 unspecified atom stereocenters. The normalized spacial score (nSPS) is 12.7. The second kappa shape index (κ2) is 6.42. The van der Waals surface area contributed by atoms with Gasteiger partial charge in [0.15, 0.2) is 4.34 Å². The molecule has 1 heterocycles. The average molecular weight is 299 g/mol. The smallest absolute Gasteiger partial charge is 0.151 e. The van der Waals surface area contributed by atoms with E-state index < -0.39 is 0 Å². The molecule has 1 nitrogen and oxygen atoms in total. The molecule has 0 saturated heterocycles. The van der Waals surface area contributed by atoms with Crippen molar-refractivity contribution in [2.45, 2.75) is 29.4 Å². The number of nitrogens with zero attached hydrogens (tertiary/aromatic N) is 1. The van der Waals surface area contributed by atoms with Crippen LogP contribution in [0.15, 0.2) is 58.9 Å². The number of thiazole rings is 1. The van der Waals surface area contributed by atoms with E-state index in [1.54, 1.807) is 11.3 Å². The molecule has 0 amide bonds. The summed E-state index contributed by atoms with van der Waals surface area (Å²) < 4.78 is 2.47. The molecular formula is C17H17NS2. The lowest BCUT2D eigenvalue weighted by atomic mass is 10.1. The molecule has 1 aromatic heterocycles. The number of rotatable bonds is 5. The summed E-state index contributed by atoms with van der Waals surface area (Å²) in [6.07, 6.45) is 2.32. The van der Waals surface area contributed by atoms with Crippen molar-refractivity contribution in [1.29, 1.82) is 0 Å². The highest BCUT2D eigenvalue weighted by molar-refractivity contribution is 8.01. The quantitative estimate of drug-likeness (QED) is 0.584. The zero-order chi connectivity index (χ0) is 13.8. The molecule has 0 aliphatic heterocycles. The van der Waals surface area contributed by atoms with E-state index in [1.807, 2.05) is 11.8 Å². The largest absolute Gasteiger partial charge is 0.230 e. The summed E-state index contributed by atoms with van der Waals surface area (Å²) in [4.78, 5) is 4.69. The van der Waals surface area contributed by atoms with Crippen LogP contribution in [-0.2, 0) is 6.42 Å². The van der Waals surface area contributed by atoms with Crippen molar-refractivity contribution in [1.82, 2.24) is 4.98 Å². The average Bonchev–Trinajstić information content (AvgIpc) is 2.88. The van der Waals surface area contributed by atoms with Gasteiger partial charge in [-0.1, -0.05) is 61.2 Å². The Labute approximate surface area is 128 Å². The number of fused-ring (bicyclic) bond motifs is 1. The monoisotopic (exact) mass is 299 g/mol. The van der Waals surface area contributed by atoms with Crippen LogP contribution in [0, 0.1) is 0 Å². The Morgan fingerprint density at radius 2 is 1.80 bits per heavy atom. The van der Waals surface area contributed by atoms with Gasteiger partial charge in [0.25, 0.3) is 0 Å². The molecule has 102 valence electrons. The topological polar surface area (TPSA) is 12.9 Å². The van der Waals surface area contributed by atoms with E-state index in [1.165, 1.54) is 21.0 Å². The predicted octanol–water partition coefficient (Wildman–Crippen LogP) is 5.41. The number of benzene rings is 2. The van der Waals surface area contributed by atoms with Crippen molar-refractivity contribution >= 4 is 33.3 Å². The molecule has 0 N–H and O–H groups in total. The lowest BCUT2D eigenvalue weighted by Crippen LogP contribution is -1.98. The van der Waals surface area contributed by atoms with Crippen LogP contribution in [-0.4, -0.2) is 10.2 Å². The van der Waals surface area contributed by atoms with Gasteiger partial charge in [-0.15, -0.1) is 11.3 Å². The number of para-hydroxylation sites is 1. The second-order valence-electron chi connectivity index (χ2n) is 4.90. The zero-order valence-electron chi connectivity index (χ0n) is 11.5. The maximum Gasteiger partial charge on any atom is 0.151 e. The van der Waals surface area contributed by atoms with Crippen LogP contribution in [0.25, 0.3) is 10.2 Å². The van der Waals surface area contributed by atoms with E-state index >= 15 is 0 Å². The standard InChI is InChI=1S/C17H17NS2/c1-13(11-12-14-7-3-2-4-8-14)19-17-18-15-9-5-6-10-16(15)20-17/h2-10,13H,11-12H2,1H3/t13-/m0/s1. The van der Waals surface area contributed by atoms with Crippen LogP contribution in [0.3, 0.4) is 0 Å². The summed E-state index contributed by atoms with van der Waals surface area (Å²) in [5, 5.41) is 0.593. The summed E-state index contributed by atoms with van der Waals surface area (Å²) in [5.74, 6) is 0. The fraction of sp³-hybridized carbons (Fsp3) is 0.235. The molecule has 3 rings (SSSR count). The predicted molar refractivity (Wildman–Crippen MR) is 89.7 cm³/mol. The highest BCUT2D eigenvalue weighted by atomic mass is 32.2. The molecule has 2 aromatic carbocycles. The number of hydrogen-bond acceptors (Lipinski definition) is 3. The van der Waals surface area contributed by atoms with E-state index in [4.69, 9.17) is 0 Å². The summed E-state index contributed by atoms with van der Waals surface area (Å²) in [7, 11) is 0. The Morgan fingerprint density at radius 3 is 2.60 bits per heavy atom. The minimum atomic E-state index is 0.593. The molecule has 0 bridgehead atoms. The van der Waals surface area contributed by atoms with Crippen LogP contribution >= 0.6 is 23.1 Å². The van der Waals surface area contributed by atoms with E-state index in [9.17, 15) is 0 Å². The fourth-order valence-corrected chi connectivity index (χ4v) is 4.53. The van der Waals surface area contributed by atoms with Crippen molar-refractivity contribution in [2.75, 3.05) is 0 Å². The molecule has 0 spiro atoms. The molecule has 0 fully saturated rings. The van der Waals surface area contributed by atoms with Crippen LogP contribution in [0.5, 0.6) is 0 Å². The molecule has 0 aliphatic carbocycles. The Kier molecular flexibility index (Phi) is 4.38. The molecule has 1 atom stereocenters. The van der Waals surface area contributed by atoms with Crippen molar-refractivity contribution in [2.24, 2.45) is 0 Å². The van der Waals surface area contributed by atoms with Gasteiger partial charge in [-0.2, -0.15) is 0 Å². The third-order valence-electron chi connectivity index (χ3n) is 3.26. The number of aryl methyl sites for hydroxylation is 1. The van der Waals surface area contributed by atoms with Crippen LogP contribution in [0.1, 0.15) is 18.9 Å². The minimum Gasteiger partial charge on any atom is -0.230 e. The summed E-state index contributed by atoms with van der Waals surface area (Å²) in [5.41, 5.74) is 2.54. The fourth-order valence-electron chi connectivity index (χ4n) is 2.15. The van der Waals surface area contributed by atoms with E-state index in [2.05, 4.69) is 66.5 Å². The Bertz CT molecular complexity index is 643. The van der Waals surface area contributed by atoms with Crippen molar-refractivity contribution < 1.29 is 0 Å². The second-order valence-corrected chi connectivity index (χ2v) is 7.62. The molecule has 3 heteroatoms. The van der Waals surface area contributed by atoms with Gasteiger partial charge in [-0.05, 0) is 30.5 Å². The minimum absolute atomic E-state index is 0.593. The Balaban J connectivity index is 1.59. The third kappa shape index (κ3) is 3.41. The van der Waals surface area contributed by atoms with Gasteiger partial charge in [0, 0.05) is 5.25 Å². The molecule has 0 saturated carbocycles. The first kappa shape index (κ1) is 13.7. The molecule has 0 aliphatic rings. The molecule has 3 aromatic rings. The summed E-state index contributed by atoms with van der Waals surface area (Å²) in [6, 6.07) is 19.1. The Morgan fingerprint density at radius 1 is 1.05 bits per heavy atom. The van der Waals surface area contributed by atoms with Gasteiger partial charge in [-0.3, -0.25) is 0 Å². The van der Waals surface area contributed by atoms with Crippen molar-refractivity contribution in [3.63, 3.8) is 0 Å². The van der Waals surface area contributed by atoms with Crippen LogP contribution < -0.4 is 0 Å². The highest BCUT2D eigenvalue weighted by Crippen LogP contribution is 2.33. The maximum atomic E-state index is 4.69. The number of aromatic nitrogens is 1. The molecule has 20 heavy (non-hydrogen) atoms. The zero-order valence-corrected chi connectivity index (χ0v) is 13.1. The van der Waals surface area contributed by atoms with Gasteiger partial charge < -0.3 is 0 Å². The van der Waals surface area contributed by atoms with Crippen molar-refractivity contribution in [3.8, 4) is 0 Å². The SMILES string of the molecule is C[C@@H](CCc1ccccc1)Sc1nc2ccccc2s1. The maximum absolute atomic E-state index is 4.69. The molecular weight excluding hydrogens is 282 g/mol. The first-order valence-corrected chi connectivity index (χ1v) is 8.57. The van der Waals surface area contributed by atoms with Gasteiger partial charge in [0.05, 0.1) is 10.2 Å². The lowest BCUT2D eigenvalue weighted by Gasteiger charge is -2.08. The first-order valence-electron chi connectivity index (χ1n) is 6.87. The Hall–Kier alpha value is -1.32. The van der Waals surface area contributed by atoms with Crippen LogP contribution in [0.2, 0.25) is 0 Å². The van der Waals surface area contributed by atoms with Gasteiger partial charge in [0.2, 0.25) is 0 Å². The number of thioether (sulfide) groups is 1. The first-order chi connectivity index (χ1) is 9.81. The third-order valence-corrected chi connectivity index (χ3v) is 5.56. The van der Waals surface area contributed by atoms with Gasteiger partial charge in [-0.25, -0.2) is 4.98 Å².